The van der Waals surface area contributed by atoms with E-state index in [4.69, 9.17) is 16.3 Å². The zero-order valence-electron chi connectivity index (χ0n) is 17.2. The van der Waals surface area contributed by atoms with E-state index < -0.39 is 17.6 Å². The Kier molecular flexibility index (Phi) is 6.96. The number of carbonyl (C=O) groups excluding carboxylic acids is 3. The van der Waals surface area contributed by atoms with Gasteiger partial charge in [0, 0.05) is 25.2 Å². The first-order valence-corrected chi connectivity index (χ1v) is 10.1. The summed E-state index contributed by atoms with van der Waals surface area (Å²) in [5, 5.41) is 5.64. The molecule has 1 unspecified atom stereocenters. The molecule has 3 amide bonds. The topological polar surface area (TPSA) is 110 Å². The summed E-state index contributed by atoms with van der Waals surface area (Å²) in [6, 6.07) is 9.50. The highest BCUT2D eigenvalue weighted by Gasteiger charge is 2.31. The second-order valence-electron chi connectivity index (χ2n) is 7.10. The predicted octanol–water partition coefficient (Wildman–Crippen LogP) is 1.80. The molecular formula is C21H23ClN4O5. The third-order valence-corrected chi connectivity index (χ3v) is 5.21. The maximum absolute atomic E-state index is 13.0. The van der Waals surface area contributed by atoms with Gasteiger partial charge in [0.05, 0.1) is 12.6 Å². The number of nitrogens with zero attached hydrogens (tertiary/aromatic N) is 2. The fraction of sp³-hybridized carbons (Fsp3) is 0.333. The third kappa shape index (κ3) is 5.05. The maximum Gasteiger partial charge on any atom is 0.406 e. The van der Waals surface area contributed by atoms with Gasteiger partial charge >= 0.3 is 6.09 Å². The minimum atomic E-state index is -0.580. The van der Waals surface area contributed by atoms with Crippen LogP contribution in [0.2, 0.25) is 5.02 Å². The molecule has 0 radical (unpaired) electrons. The summed E-state index contributed by atoms with van der Waals surface area (Å²) in [6.45, 7) is 2.53. The summed E-state index contributed by atoms with van der Waals surface area (Å²) in [5.74, 6) is -0.875. The van der Waals surface area contributed by atoms with Gasteiger partial charge in [0.15, 0.2) is 0 Å². The number of rotatable bonds is 6. The van der Waals surface area contributed by atoms with Crippen LogP contribution in [0.4, 0.5) is 4.79 Å². The van der Waals surface area contributed by atoms with Gasteiger partial charge in [-0.1, -0.05) is 23.7 Å². The van der Waals surface area contributed by atoms with Crippen LogP contribution in [0.15, 0.2) is 41.2 Å². The molecule has 0 saturated heterocycles. The van der Waals surface area contributed by atoms with Crippen molar-refractivity contribution in [1.29, 1.82) is 0 Å². The average molecular weight is 447 g/mol. The number of alkyl carbamates (subject to hydrolysis) is 1. The molecule has 10 heteroatoms. The Bertz CT molecular complexity index is 1050. The highest BCUT2D eigenvalue weighted by atomic mass is 35.5. The Morgan fingerprint density at radius 2 is 1.87 bits per heavy atom. The second-order valence-corrected chi connectivity index (χ2v) is 7.54. The SMILES string of the molecule is CNC(=O)OCCN1CC(C)n2c(ccc(C(=O)NCc3ccc(Cl)cc3)c2=O)C1=O. The van der Waals surface area contributed by atoms with Gasteiger partial charge in [-0.2, -0.15) is 0 Å². The van der Waals surface area contributed by atoms with E-state index in [2.05, 4.69) is 10.6 Å². The number of halogens is 1. The monoisotopic (exact) mass is 446 g/mol. The van der Waals surface area contributed by atoms with Crippen molar-refractivity contribution in [2.75, 3.05) is 26.7 Å². The molecule has 0 bridgehead atoms. The average Bonchev–Trinajstić information content (AvgIpc) is 2.76. The van der Waals surface area contributed by atoms with E-state index in [1.54, 1.807) is 31.2 Å². The number of hydrogen-bond donors (Lipinski definition) is 2. The van der Waals surface area contributed by atoms with Crippen LogP contribution in [0.1, 0.15) is 39.4 Å². The van der Waals surface area contributed by atoms with Crippen LogP contribution in [0, 0.1) is 0 Å². The molecule has 164 valence electrons. The van der Waals surface area contributed by atoms with Gasteiger partial charge in [0.25, 0.3) is 17.4 Å². The lowest BCUT2D eigenvalue weighted by Gasteiger charge is -2.34. The fourth-order valence-corrected chi connectivity index (χ4v) is 3.50. The predicted molar refractivity (Wildman–Crippen MR) is 114 cm³/mol. The van der Waals surface area contributed by atoms with Gasteiger partial charge in [0.2, 0.25) is 0 Å². The molecule has 2 aromatic rings. The molecule has 0 aliphatic carbocycles. The molecule has 9 nitrogen and oxygen atoms in total. The Morgan fingerprint density at radius 1 is 1.16 bits per heavy atom. The van der Waals surface area contributed by atoms with Gasteiger partial charge in [-0.25, -0.2) is 4.79 Å². The van der Waals surface area contributed by atoms with Crippen molar-refractivity contribution < 1.29 is 19.1 Å². The molecule has 1 aromatic heterocycles. The molecule has 2 heterocycles. The van der Waals surface area contributed by atoms with Crippen LogP contribution in [0.5, 0.6) is 0 Å². The summed E-state index contributed by atoms with van der Waals surface area (Å²) in [5.41, 5.74) is 0.480. The molecular weight excluding hydrogens is 424 g/mol. The van der Waals surface area contributed by atoms with Gasteiger partial charge in [-0.05, 0) is 36.8 Å². The lowest BCUT2D eigenvalue weighted by Crippen LogP contribution is -2.48. The molecule has 1 aliphatic rings. The number of fused-ring (bicyclic) bond motifs is 1. The van der Waals surface area contributed by atoms with Gasteiger partial charge in [-0.3, -0.25) is 19.0 Å². The molecule has 0 saturated carbocycles. The van der Waals surface area contributed by atoms with E-state index in [0.29, 0.717) is 5.02 Å². The largest absolute Gasteiger partial charge is 0.448 e. The number of nitrogens with one attached hydrogen (secondary N) is 2. The summed E-state index contributed by atoms with van der Waals surface area (Å²) < 4.78 is 6.28. The fourth-order valence-electron chi connectivity index (χ4n) is 3.38. The minimum Gasteiger partial charge on any atom is -0.448 e. The van der Waals surface area contributed by atoms with Crippen molar-refractivity contribution in [3.63, 3.8) is 0 Å². The maximum atomic E-state index is 13.0. The molecule has 3 rings (SSSR count). The number of pyridine rings is 1. The van der Waals surface area contributed by atoms with E-state index in [1.807, 2.05) is 0 Å². The number of benzene rings is 1. The lowest BCUT2D eigenvalue weighted by atomic mass is 10.1. The van der Waals surface area contributed by atoms with Crippen LogP contribution in [0.3, 0.4) is 0 Å². The standard InChI is InChI=1S/C21H23ClN4O5/c1-13-12-25(9-10-31-21(30)23-2)20(29)17-8-7-16(19(28)26(13)17)18(27)24-11-14-3-5-15(22)6-4-14/h3-8,13H,9-12H2,1-2H3,(H,23,30)(H,24,27). The molecule has 0 spiro atoms. The first-order chi connectivity index (χ1) is 14.8. The van der Waals surface area contributed by atoms with E-state index >= 15 is 0 Å². The van der Waals surface area contributed by atoms with Gasteiger partial charge in [0.1, 0.15) is 17.9 Å². The summed E-state index contributed by atoms with van der Waals surface area (Å²) in [6.07, 6.45) is -0.580. The van der Waals surface area contributed by atoms with Crippen molar-refractivity contribution in [2.45, 2.75) is 19.5 Å². The van der Waals surface area contributed by atoms with Crippen molar-refractivity contribution in [2.24, 2.45) is 0 Å². The second kappa shape index (κ2) is 9.65. The molecule has 31 heavy (non-hydrogen) atoms. The first kappa shape index (κ1) is 22.4. The van der Waals surface area contributed by atoms with Crippen LogP contribution < -0.4 is 16.2 Å². The highest BCUT2D eigenvalue weighted by molar-refractivity contribution is 6.30. The normalized spacial score (nSPS) is 15.3. The number of hydrogen-bond acceptors (Lipinski definition) is 5. The van der Waals surface area contributed by atoms with Crippen LogP contribution in [-0.4, -0.2) is 54.1 Å². The van der Waals surface area contributed by atoms with Gasteiger partial charge < -0.3 is 20.3 Å². The van der Waals surface area contributed by atoms with Gasteiger partial charge in [-0.15, -0.1) is 0 Å². The number of ether oxygens (including phenoxy) is 1. The Morgan fingerprint density at radius 3 is 2.55 bits per heavy atom. The van der Waals surface area contributed by atoms with Crippen LogP contribution in [0.25, 0.3) is 0 Å². The molecule has 2 N–H and O–H groups in total. The van der Waals surface area contributed by atoms with Crippen molar-refractivity contribution >= 4 is 29.5 Å². The van der Waals surface area contributed by atoms with Crippen LogP contribution in [-0.2, 0) is 11.3 Å². The smallest absolute Gasteiger partial charge is 0.406 e. The summed E-state index contributed by atoms with van der Waals surface area (Å²) in [7, 11) is 1.45. The Hall–Kier alpha value is -3.33. The Balaban J connectivity index is 1.73. The zero-order chi connectivity index (χ0) is 22.5. The van der Waals surface area contributed by atoms with Crippen molar-refractivity contribution in [1.82, 2.24) is 20.1 Å². The molecule has 0 fully saturated rings. The minimum absolute atomic E-state index is 0.0336. The lowest BCUT2D eigenvalue weighted by molar-refractivity contribution is 0.0608. The zero-order valence-corrected chi connectivity index (χ0v) is 17.9. The molecule has 1 aromatic carbocycles. The number of carbonyl (C=O) groups is 3. The summed E-state index contributed by atoms with van der Waals surface area (Å²) >= 11 is 5.86. The highest BCUT2D eigenvalue weighted by Crippen LogP contribution is 2.19. The quantitative estimate of drug-likeness (QED) is 0.703. The third-order valence-electron chi connectivity index (χ3n) is 4.96. The summed E-state index contributed by atoms with van der Waals surface area (Å²) in [4.78, 5) is 51.0. The molecule has 1 aliphatic heterocycles. The van der Waals surface area contributed by atoms with E-state index in [1.165, 1.54) is 28.6 Å². The van der Waals surface area contributed by atoms with Crippen LogP contribution >= 0.6 is 11.6 Å². The Labute approximate surface area is 183 Å². The van der Waals surface area contributed by atoms with E-state index in [-0.39, 0.29) is 49.4 Å². The van der Waals surface area contributed by atoms with Crippen molar-refractivity contribution in [3.05, 3.63) is 68.6 Å². The van der Waals surface area contributed by atoms with E-state index in [9.17, 15) is 19.2 Å². The van der Waals surface area contributed by atoms with E-state index in [0.717, 1.165) is 5.56 Å². The molecule has 1 atom stereocenters. The number of amides is 3. The van der Waals surface area contributed by atoms with Crippen molar-refractivity contribution in [3.8, 4) is 0 Å². The number of aromatic nitrogens is 1. The first-order valence-electron chi connectivity index (χ1n) is 9.73.